The van der Waals surface area contributed by atoms with E-state index in [0.29, 0.717) is 12.1 Å². The van der Waals surface area contributed by atoms with E-state index < -0.39 is 0 Å². The van der Waals surface area contributed by atoms with Gasteiger partial charge in [0.25, 0.3) is 0 Å². The summed E-state index contributed by atoms with van der Waals surface area (Å²) in [5.74, 6) is -0.0672. The lowest BCUT2D eigenvalue weighted by molar-refractivity contribution is -0.115. The molecule has 0 fully saturated rings. The molecule has 0 atom stereocenters. The van der Waals surface area contributed by atoms with Crippen molar-refractivity contribution in [2.24, 2.45) is 0 Å². The predicted octanol–water partition coefficient (Wildman–Crippen LogP) is 3.74. The molecule has 0 spiro atoms. The number of amides is 1. The Morgan fingerprint density at radius 3 is 2.85 bits per heavy atom. The van der Waals surface area contributed by atoms with Crippen molar-refractivity contribution in [3.8, 4) is 11.3 Å². The summed E-state index contributed by atoms with van der Waals surface area (Å²) in [6.45, 7) is 0. The van der Waals surface area contributed by atoms with Gasteiger partial charge >= 0.3 is 0 Å². The van der Waals surface area contributed by atoms with Crippen molar-refractivity contribution in [3.63, 3.8) is 0 Å². The Kier molecular flexibility index (Phi) is 4.45. The lowest BCUT2D eigenvalue weighted by atomic mass is 10.1. The molecule has 4 rings (SSSR count). The molecule has 2 aromatic heterocycles. The number of carbonyl (C=O) groups is 1. The first kappa shape index (κ1) is 16.4. The fraction of sp³-hybridized carbons (Fsp3) is 0.0526. The van der Waals surface area contributed by atoms with E-state index in [1.165, 1.54) is 0 Å². The lowest BCUT2D eigenvalue weighted by Gasteiger charge is -2.08. The van der Waals surface area contributed by atoms with Crippen LogP contribution in [-0.2, 0) is 11.2 Å². The van der Waals surface area contributed by atoms with Crippen LogP contribution >= 0.6 is 15.9 Å². The molecular formula is C19H14BrN5O. The molecule has 0 bridgehead atoms. The number of nitrogens with one attached hydrogen (secondary N) is 1. The maximum atomic E-state index is 12.3. The molecule has 0 saturated heterocycles. The molecule has 26 heavy (non-hydrogen) atoms. The Labute approximate surface area is 158 Å². The minimum absolute atomic E-state index is 0.0672. The summed E-state index contributed by atoms with van der Waals surface area (Å²) < 4.78 is 2.58. The van der Waals surface area contributed by atoms with E-state index in [4.69, 9.17) is 0 Å². The van der Waals surface area contributed by atoms with Crippen LogP contribution in [0, 0.1) is 0 Å². The fourth-order valence-electron chi connectivity index (χ4n) is 2.68. The zero-order valence-corrected chi connectivity index (χ0v) is 15.2. The Morgan fingerprint density at radius 2 is 1.96 bits per heavy atom. The third kappa shape index (κ3) is 3.62. The van der Waals surface area contributed by atoms with Gasteiger partial charge in [0, 0.05) is 15.7 Å². The average molecular weight is 408 g/mol. The van der Waals surface area contributed by atoms with E-state index in [1.54, 1.807) is 10.8 Å². The van der Waals surface area contributed by atoms with E-state index in [9.17, 15) is 4.79 Å². The first-order valence-electron chi connectivity index (χ1n) is 7.99. The fourth-order valence-corrected chi connectivity index (χ4v) is 3.12. The molecule has 2 heterocycles. The van der Waals surface area contributed by atoms with Crippen LogP contribution in [0.2, 0.25) is 0 Å². The number of carbonyl (C=O) groups excluding carboxylic acids is 1. The summed E-state index contributed by atoms with van der Waals surface area (Å²) >= 11 is 3.42. The summed E-state index contributed by atoms with van der Waals surface area (Å²) in [6, 6.07) is 19.1. The summed E-state index contributed by atoms with van der Waals surface area (Å²) in [5.41, 5.74) is 4.05. The molecule has 2 aromatic carbocycles. The van der Waals surface area contributed by atoms with Crippen LogP contribution in [0.15, 0.2) is 71.5 Å². The normalized spacial score (nSPS) is 10.8. The van der Waals surface area contributed by atoms with E-state index in [0.717, 1.165) is 27.0 Å². The van der Waals surface area contributed by atoms with Crippen molar-refractivity contribution in [2.75, 3.05) is 5.32 Å². The van der Waals surface area contributed by atoms with Crippen molar-refractivity contribution < 1.29 is 4.79 Å². The molecule has 0 saturated carbocycles. The highest BCUT2D eigenvalue weighted by molar-refractivity contribution is 9.10. The maximum Gasteiger partial charge on any atom is 0.228 e. The van der Waals surface area contributed by atoms with Crippen LogP contribution in [0.25, 0.3) is 16.9 Å². The van der Waals surface area contributed by atoms with Crippen LogP contribution in [-0.4, -0.2) is 25.7 Å². The van der Waals surface area contributed by atoms with Crippen LogP contribution in [0.1, 0.15) is 5.56 Å². The highest BCUT2D eigenvalue weighted by Gasteiger charge is 2.07. The van der Waals surface area contributed by atoms with E-state index in [-0.39, 0.29) is 5.91 Å². The summed E-state index contributed by atoms with van der Waals surface area (Å²) in [5, 5.41) is 15.2. The van der Waals surface area contributed by atoms with Gasteiger partial charge in [0.05, 0.1) is 12.1 Å². The molecule has 1 N–H and O–H groups in total. The van der Waals surface area contributed by atoms with Gasteiger partial charge in [-0.05, 0) is 42.0 Å². The molecule has 6 nitrogen and oxygen atoms in total. The van der Waals surface area contributed by atoms with Gasteiger partial charge in [-0.3, -0.25) is 4.79 Å². The SMILES string of the molecule is O=C(Cc1cccc(Br)c1)Nc1cccc(-c2ccc3nncn3n2)c1. The minimum atomic E-state index is -0.0672. The Morgan fingerprint density at radius 1 is 1.08 bits per heavy atom. The van der Waals surface area contributed by atoms with Crippen molar-refractivity contribution >= 4 is 33.2 Å². The zero-order chi connectivity index (χ0) is 17.9. The zero-order valence-electron chi connectivity index (χ0n) is 13.6. The van der Waals surface area contributed by atoms with Gasteiger partial charge in [-0.25, -0.2) is 0 Å². The highest BCUT2D eigenvalue weighted by atomic mass is 79.9. The minimum Gasteiger partial charge on any atom is -0.326 e. The number of hydrogen-bond donors (Lipinski definition) is 1. The smallest absolute Gasteiger partial charge is 0.228 e. The first-order valence-corrected chi connectivity index (χ1v) is 8.78. The number of benzene rings is 2. The lowest BCUT2D eigenvalue weighted by Crippen LogP contribution is -2.14. The molecule has 4 aromatic rings. The van der Waals surface area contributed by atoms with Gasteiger partial charge in [-0.1, -0.05) is 40.2 Å². The number of fused-ring (bicyclic) bond motifs is 1. The number of rotatable bonds is 4. The molecule has 128 valence electrons. The average Bonchev–Trinajstić information content (AvgIpc) is 3.09. The molecule has 1 amide bonds. The van der Waals surface area contributed by atoms with Gasteiger partial charge < -0.3 is 5.32 Å². The largest absolute Gasteiger partial charge is 0.326 e. The van der Waals surface area contributed by atoms with Gasteiger partial charge in [0.1, 0.15) is 6.33 Å². The van der Waals surface area contributed by atoms with Crippen molar-refractivity contribution in [2.45, 2.75) is 6.42 Å². The maximum absolute atomic E-state index is 12.3. The van der Waals surface area contributed by atoms with Crippen LogP contribution in [0.4, 0.5) is 5.69 Å². The highest BCUT2D eigenvalue weighted by Crippen LogP contribution is 2.21. The number of hydrogen-bond acceptors (Lipinski definition) is 4. The third-order valence-corrected chi connectivity index (χ3v) is 4.35. The molecule has 0 unspecified atom stereocenters. The standard InChI is InChI=1S/C19H14BrN5O/c20-15-5-1-3-13(9-15)10-19(26)22-16-6-2-4-14(11-16)17-7-8-18-23-21-12-25(18)24-17/h1-9,11-12H,10H2,(H,22,26). The number of aromatic nitrogens is 4. The van der Waals surface area contributed by atoms with Crippen molar-refractivity contribution in [1.82, 2.24) is 19.8 Å². The van der Waals surface area contributed by atoms with Crippen molar-refractivity contribution in [1.29, 1.82) is 0 Å². The predicted molar refractivity (Wildman–Crippen MR) is 103 cm³/mol. The van der Waals surface area contributed by atoms with E-state index in [2.05, 4.69) is 36.5 Å². The van der Waals surface area contributed by atoms with Crippen LogP contribution in [0.3, 0.4) is 0 Å². The number of halogens is 1. The first-order chi connectivity index (χ1) is 12.7. The third-order valence-electron chi connectivity index (χ3n) is 3.86. The topological polar surface area (TPSA) is 72.2 Å². The van der Waals surface area contributed by atoms with E-state index >= 15 is 0 Å². The molecule has 0 radical (unpaired) electrons. The second kappa shape index (κ2) is 7.05. The Hall–Kier alpha value is -3.06. The molecule has 0 aliphatic rings. The molecule has 0 aliphatic heterocycles. The van der Waals surface area contributed by atoms with Gasteiger partial charge in [0.2, 0.25) is 5.91 Å². The molecular weight excluding hydrogens is 394 g/mol. The van der Waals surface area contributed by atoms with Gasteiger partial charge in [-0.15, -0.1) is 10.2 Å². The van der Waals surface area contributed by atoms with Crippen LogP contribution in [0.5, 0.6) is 0 Å². The quantitative estimate of drug-likeness (QED) is 0.559. The summed E-state index contributed by atoms with van der Waals surface area (Å²) in [4.78, 5) is 12.3. The monoisotopic (exact) mass is 407 g/mol. The van der Waals surface area contributed by atoms with E-state index in [1.807, 2.05) is 60.7 Å². The van der Waals surface area contributed by atoms with Crippen molar-refractivity contribution in [3.05, 3.63) is 77.0 Å². The second-order valence-corrected chi connectivity index (χ2v) is 6.70. The van der Waals surface area contributed by atoms with Gasteiger partial charge in [-0.2, -0.15) is 9.61 Å². The number of anilines is 1. The van der Waals surface area contributed by atoms with Gasteiger partial charge in [0.15, 0.2) is 5.65 Å². The Bertz CT molecular complexity index is 1090. The Balaban J connectivity index is 1.52. The number of nitrogens with zero attached hydrogens (tertiary/aromatic N) is 4. The summed E-state index contributed by atoms with van der Waals surface area (Å²) in [7, 11) is 0. The molecule has 7 heteroatoms. The second-order valence-electron chi connectivity index (χ2n) is 5.79. The molecule has 0 aliphatic carbocycles. The van der Waals surface area contributed by atoms with Crippen LogP contribution < -0.4 is 5.32 Å². The summed E-state index contributed by atoms with van der Waals surface area (Å²) in [6.07, 6.45) is 1.87.